The van der Waals surface area contributed by atoms with Crippen molar-refractivity contribution < 1.29 is 4.79 Å². The molecule has 1 aliphatic rings. The van der Waals surface area contributed by atoms with E-state index in [-0.39, 0.29) is 5.91 Å². The van der Waals surface area contributed by atoms with Crippen LogP contribution in [0.1, 0.15) is 25.0 Å². The highest BCUT2D eigenvalue weighted by Crippen LogP contribution is 2.26. The molecule has 25 heavy (non-hydrogen) atoms. The van der Waals surface area contributed by atoms with Crippen LogP contribution in [0.3, 0.4) is 0 Å². The second-order valence-electron chi connectivity index (χ2n) is 7.36. The Kier molecular flexibility index (Phi) is 5.54. The van der Waals surface area contributed by atoms with Crippen molar-refractivity contribution in [1.82, 2.24) is 9.80 Å². The maximum absolute atomic E-state index is 13.0. The third kappa shape index (κ3) is 4.29. The van der Waals surface area contributed by atoms with E-state index < -0.39 is 5.41 Å². The molecule has 0 atom stereocenters. The summed E-state index contributed by atoms with van der Waals surface area (Å²) in [6.07, 6.45) is 1.07. The summed E-state index contributed by atoms with van der Waals surface area (Å²) in [5.74, 6) is 0.237. The van der Waals surface area contributed by atoms with Gasteiger partial charge in [-0.15, -0.1) is 0 Å². The van der Waals surface area contributed by atoms with Crippen LogP contribution < -0.4 is 0 Å². The zero-order valence-electron chi connectivity index (χ0n) is 15.3. The Morgan fingerprint density at radius 3 is 2.04 bits per heavy atom. The molecule has 0 spiro atoms. The fraction of sp³-hybridized carbons (Fsp3) is 0.409. The van der Waals surface area contributed by atoms with Crippen LogP contribution in [0.2, 0.25) is 0 Å². The quantitative estimate of drug-likeness (QED) is 0.836. The van der Waals surface area contributed by atoms with Crippen molar-refractivity contribution in [1.29, 1.82) is 0 Å². The van der Waals surface area contributed by atoms with Crippen molar-refractivity contribution in [2.24, 2.45) is 0 Å². The number of nitrogens with zero attached hydrogens (tertiary/aromatic N) is 2. The standard InChI is InChI=1S/C22H28N2O/c1-22(2,20-11-7-4-8-12-20)21(25)24-17-15-23(16-18-24)14-13-19-9-5-3-6-10-19/h3-12H,13-18H2,1-2H3. The molecule has 0 saturated carbocycles. The van der Waals surface area contributed by atoms with Gasteiger partial charge in [-0.2, -0.15) is 0 Å². The Hall–Kier alpha value is -2.13. The molecule has 3 rings (SSSR count). The van der Waals surface area contributed by atoms with E-state index in [0.717, 1.165) is 44.7 Å². The van der Waals surface area contributed by atoms with Gasteiger partial charge in [0.1, 0.15) is 0 Å². The number of amides is 1. The first-order valence-corrected chi connectivity index (χ1v) is 9.18. The average molecular weight is 336 g/mol. The topological polar surface area (TPSA) is 23.6 Å². The van der Waals surface area contributed by atoms with E-state index in [2.05, 4.69) is 35.2 Å². The van der Waals surface area contributed by atoms with Gasteiger partial charge in [-0.1, -0.05) is 60.7 Å². The van der Waals surface area contributed by atoms with Gasteiger partial charge in [0.15, 0.2) is 0 Å². The summed E-state index contributed by atoms with van der Waals surface area (Å²) in [5, 5.41) is 0. The van der Waals surface area contributed by atoms with E-state index >= 15 is 0 Å². The highest BCUT2D eigenvalue weighted by atomic mass is 16.2. The Morgan fingerprint density at radius 1 is 0.880 bits per heavy atom. The predicted molar refractivity (Wildman–Crippen MR) is 103 cm³/mol. The van der Waals surface area contributed by atoms with Gasteiger partial charge in [0.25, 0.3) is 0 Å². The first-order chi connectivity index (χ1) is 12.1. The minimum absolute atomic E-state index is 0.237. The monoisotopic (exact) mass is 336 g/mol. The summed E-state index contributed by atoms with van der Waals surface area (Å²) in [7, 11) is 0. The van der Waals surface area contributed by atoms with Crippen molar-refractivity contribution in [2.75, 3.05) is 32.7 Å². The van der Waals surface area contributed by atoms with Crippen LogP contribution >= 0.6 is 0 Å². The summed E-state index contributed by atoms with van der Waals surface area (Å²) in [4.78, 5) is 17.5. The van der Waals surface area contributed by atoms with Crippen molar-refractivity contribution in [3.63, 3.8) is 0 Å². The van der Waals surface area contributed by atoms with E-state index in [1.54, 1.807) is 0 Å². The van der Waals surface area contributed by atoms with Gasteiger partial charge in [-0.3, -0.25) is 9.69 Å². The maximum atomic E-state index is 13.0. The second kappa shape index (κ2) is 7.83. The number of hydrogen-bond donors (Lipinski definition) is 0. The van der Waals surface area contributed by atoms with Crippen LogP contribution in [0.15, 0.2) is 60.7 Å². The first-order valence-electron chi connectivity index (χ1n) is 9.18. The largest absolute Gasteiger partial charge is 0.339 e. The Balaban J connectivity index is 1.52. The summed E-state index contributed by atoms with van der Waals surface area (Å²) in [6, 6.07) is 20.7. The summed E-state index contributed by atoms with van der Waals surface area (Å²) < 4.78 is 0. The lowest BCUT2D eigenvalue weighted by molar-refractivity contribution is -0.138. The fourth-order valence-corrected chi connectivity index (χ4v) is 3.48. The SMILES string of the molecule is CC(C)(C(=O)N1CCN(CCc2ccccc2)CC1)c1ccccc1. The molecule has 1 saturated heterocycles. The number of rotatable bonds is 5. The Morgan fingerprint density at radius 2 is 1.44 bits per heavy atom. The molecular weight excluding hydrogens is 308 g/mol. The number of carbonyl (C=O) groups is 1. The lowest BCUT2D eigenvalue weighted by atomic mass is 9.83. The molecule has 1 amide bonds. The van der Waals surface area contributed by atoms with Crippen LogP contribution in [0.25, 0.3) is 0 Å². The number of piperazine rings is 1. The van der Waals surface area contributed by atoms with Gasteiger partial charge in [-0.25, -0.2) is 0 Å². The van der Waals surface area contributed by atoms with Crippen LogP contribution in [0, 0.1) is 0 Å². The molecule has 132 valence electrons. The second-order valence-corrected chi connectivity index (χ2v) is 7.36. The predicted octanol–water partition coefficient (Wildman–Crippen LogP) is 3.35. The number of benzene rings is 2. The Bertz CT molecular complexity index is 674. The van der Waals surface area contributed by atoms with Gasteiger partial charge in [0.2, 0.25) is 5.91 Å². The lowest BCUT2D eigenvalue weighted by Gasteiger charge is -2.38. The minimum Gasteiger partial charge on any atom is -0.339 e. The molecule has 3 nitrogen and oxygen atoms in total. The molecule has 0 bridgehead atoms. The third-order valence-electron chi connectivity index (χ3n) is 5.25. The van der Waals surface area contributed by atoms with Crippen LogP contribution in [0.4, 0.5) is 0 Å². The highest BCUT2D eigenvalue weighted by molar-refractivity contribution is 5.87. The lowest BCUT2D eigenvalue weighted by Crippen LogP contribution is -2.53. The van der Waals surface area contributed by atoms with Crippen LogP contribution in [0.5, 0.6) is 0 Å². The van der Waals surface area contributed by atoms with E-state index in [1.165, 1.54) is 5.56 Å². The van der Waals surface area contributed by atoms with Gasteiger partial charge >= 0.3 is 0 Å². The van der Waals surface area contributed by atoms with Crippen molar-refractivity contribution in [3.8, 4) is 0 Å². The normalized spacial score (nSPS) is 16.0. The van der Waals surface area contributed by atoms with Gasteiger partial charge in [0.05, 0.1) is 5.41 Å². The minimum atomic E-state index is -0.465. The molecule has 1 aliphatic heterocycles. The molecule has 2 aromatic rings. The smallest absolute Gasteiger partial charge is 0.232 e. The molecule has 0 aromatic heterocycles. The van der Waals surface area contributed by atoms with Crippen molar-refractivity contribution in [3.05, 3.63) is 71.8 Å². The molecule has 0 N–H and O–H groups in total. The third-order valence-corrected chi connectivity index (χ3v) is 5.25. The van der Waals surface area contributed by atoms with Crippen LogP contribution in [-0.4, -0.2) is 48.4 Å². The molecule has 1 fully saturated rings. The van der Waals surface area contributed by atoms with E-state index in [0.29, 0.717) is 0 Å². The number of hydrogen-bond acceptors (Lipinski definition) is 2. The Labute approximate surface area is 151 Å². The fourth-order valence-electron chi connectivity index (χ4n) is 3.48. The molecule has 0 radical (unpaired) electrons. The molecule has 3 heteroatoms. The summed E-state index contributed by atoms with van der Waals surface area (Å²) >= 11 is 0. The van der Waals surface area contributed by atoms with Gasteiger partial charge in [0, 0.05) is 32.7 Å². The van der Waals surface area contributed by atoms with Crippen LogP contribution in [-0.2, 0) is 16.6 Å². The van der Waals surface area contributed by atoms with Crippen molar-refractivity contribution >= 4 is 5.91 Å². The zero-order valence-corrected chi connectivity index (χ0v) is 15.3. The molecule has 0 unspecified atom stereocenters. The zero-order chi connectivity index (χ0) is 17.7. The van der Waals surface area contributed by atoms with E-state index in [4.69, 9.17) is 0 Å². The molecule has 2 aromatic carbocycles. The average Bonchev–Trinajstić information content (AvgIpc) is 2.68. The van der Waals surface area contributed by atoms with Gasteiger partial charge in [-0.05, 0) is 31.4 Å². The number of carbonyl (C=O) groups excluding carboxylic acids is 1. The maximum Gasteiger partial charge on any atom is 0.232 e. The molecular formula is C22H28N2O. The van der Waals surface area contributed by atoms with Crippen molar-refractivity contribution in [2.45, 2.75) is 25.7 Å². The molecule has 1 heterocycles. The van der Waals surface area contributed by atoms with E-state index in [9.17, 15) is 4.79 Å². The highest BCUT2D eigenvalue weighted by Gasteiger charge is 2.34. The first kappa shape index (κ1) is 17.7. The molecule has 0 aliphatic carbocycles. The summed E-state index contributed by atoms with van der Waals surface area (Å²) in [5.41, 5.74) is 2.01. The van der Waals surface area contributed by atoms with Gasteiger partial charge < -0.3 is 4.90 Å². The van der Waals surface area contributed by atoms with E-state index in [1.807, 2.05) is 49.1 Å². The summed E-state index contributed by atoms with van der Waals surface area (Å²) in [6.45, 7) is 8.70.